The molecule has 2 rings (SSSR count). The van der Waals surface area contributed by atoms with Crippen LogP contribution in [0.1, 0.15) is 57.2 Å². The Balaban J connectivity index is 2.06. The molecule has 100 valence electrons. The molecule has 1 aliphatic carbocycles. The van der Waals surface area contributed by atoms with Crippen LogP contribution in [0.5, 0.6) is 0 Å². The fraction of sp³-hybridized carbons (Fsp3) is 0.667. The third kappa shape index (κ3) is 3.69. The van der Waals surface area contributed by atoms with E-state index in [-0.39, 0.29) is 0 Å². The van der Waals surface area contributed by atoms with Crippen molar-refractivity contribution in [3.8, 4) is 0 Å². The lowest BCUT2D eigenvalue weighted by Gasteiger charge is -2.22. The fourth-order valence-corrected chi connectivity index (χ4v) is 3.10. The first-order chi connectivity index (χ1) is 8.81. The van der Waals surface area contributed by atoms with Gasteiger partial charge in [-0.1, -0.05) is 44.2 Å². The van der Waals surface area contributed by atoms with Crippen LogP contribution in [0.25, 0.3) is 0 Å². The van der Waals surface area contributed by atoms with Crippen molar-refractivity contribution in [2.24, 2.45) is 5.92 Å². The van der Waals surface area contributed by atoms with Gasteiger partial charge in [0.2, 0.25) is 0 Å². The van der Waals surface area contributed by atoms with Gasteiger partial charge in [0.1, 0.15) is 0 Å². The highest BCUT2D eigenvalue weighted by Crippen LogP contribution is 2.34. The van der Waals surface area contributed by atoms with Crippen LogP contribution in [-0.2, 0) is 0 Å². The van der Waals surface area contributed by atoms with Crippen LogP contribution in [0.3, 0.4) is 0 Å². The highest BCUT2D eigenvalue weighted by molar-refractivity contribution is 6.31. The number of hydrogen-bond acceptors (Lipinski definition) is 2. The summed E-state index contributed by atoms with van der Waals surface area (Å²) in [5.41, 5.74) is 1.03. The molecule has 1 N–H and O–H groups in total. The topological polar surface area (TPSA) is 24.9 Å². The summed E-state index contributed by atoms with van der Waals surface area (Å²) in [6.07, 6.45) is 9.69. The number of halogens is 1. The molecule has 1 unspecified atom stereocenters. The van der Waals surface area contributed by atoms with Crippen LogP contribution < -0.4 is 5.32 Å². The summed E-state index contributed by atoms with van der Waals surface area (Å²) < 4.78 is 0. The molecule has 0 amide bonds. The minimum absolute atomic E-state index is 0.321. The summed E-state index contributed by atoms with van der Waals surface area (Å²) in [4.78, 5) is 4.48. The highest BCUT2D eigenvalue weighted by Gasteiger charge is 2.23. The van der Waals surface area contributed by atoms with E-state index in [1.807, 2.05) is 18.3 Å². The number of rotatable bonds is 6. The van der Waals surface area contributed by atoms with Crippen molar-refractivity contribution in [1.82, 2.24) is 10.3 Å². The largest absolute Gasteiger partial charge is 0.309 e. The lowest BCUT2D eigenvalue weighted by molar-refractivity contribution is 0.389. The van der Waals surface area contributed by atoms with Crippen molar-refractivity contribution in [2.75, 3.05) is 6.54 Å². The number of pyridine rings is 1. The minimum Gasteiger partial charge on any atom is -0.309 e. The lowest BCUT2D eigenvalue weighted by Crippen LogP contribution is -2.25. The van der Waals surface area contributed by atoms with Crippen LogP contribution in [0.4, 0.5) is 0 Å². The molecule has 0 aromatic carbocycles. The zero-order valence-corrected chi connectivity index (χ0v) is 11.9. The second-order valence-corrected chi connectivity index (χ2v) is 5.67. The Kier molecular flexibility index (Phi) is 5.45. The maximum atomic E-state index is 6.28. The Bertz CT molecular complexity index is 361. The third-order valence-corrected chi connectivity index (χ3v) is 4.12. The van der Waals surface area contributed by atoms with Crippen molar-refractivity contribution < 1.29 is 0 Å². The van der Waals surface area contributed by atoms with E-state index in [9.17, 15) is 0 Å². The SMILES string of the molecule is CCCNC(CC1CCCC1)c1ncccc1Cl. The van der Waals surface area contributed by atoms with Crippen molar-refractivity contribution in [2.45, 2.75) is 51.5 Å². The maximum absolute atomic E-state index is 6.28. The van der Waals surface area contributed by atoms with E-state index in [1.54, 1.807) is 0 Å². The second-order valence-electron chi connectivity index (χ2n) is 5.26. The summed E-state index contributed by atoms with van der Waals surface area (Å²) in [6.45, 7) is 3.23. The van der Waals surface area contributed by atoms with Gasteiger partial charge >= 0.3 is 0 Å². The maximum Gasteiger partial charge on any atom is 0.0759 e. The van der Waals surface area contributed by atoms with E-state index in [1.165, 1.54) is 32.1 Å². The van der Waals surface area contributed by atoms with Crippen LogP contribution in [0.2, 0.25) is 5.02 Å². The first-order valence-corrected chi connectivity index (χ1v) is 7.53. The van der Waals surface area contributed by atoms with Gasteiger partial charge in [0.15, 0.2) is 0 Å². The second kappa shape index (κ2) is 7.10. The summed E-state index contributed by atoms with van der Waals surface area (Å²) in [7, 11) is 0. The molecule has 1 aromatic rings. The molecule has 1 aliphatic rings. The van der Waals surface area contributed by atoms with E-state index in [0.29, 0.717) is 6.04 Å². The van der Waals surface area contributed by atoms with E-state index in [2.05, 4.69) is 17.2 Å². The molecule has 0 saturated heterocycles. The molecule has 18 heavy (non-hydrogen) atoms. The molecular weight excluding hydrogens is 244 g/mol. The molecule has 0 aliphatic heterocycles. The zero-order chi connectivity index (χ0) is 12.8. The van der Waals surface area contributed by atoms with Crippen LogP contribution >= 0.6 is 11.6 Å². The minimum atomic E-state index is 0.321. The first-order valence-electron chi connectivity index (χ1n) is 7.15. The molecule has 1 heterocycles. The molecule has 1 saturated carbocycles. The van der Waals surface area contributed by atoms with Crippen molar-refractivity contribution in [1.29, 1.82) is 0 Å². The number of aromatic nitrogens is 1. The summed E-state index contributed by atoms with van der Waals surface area (Å²) >= 11 is 6.28. The molecule has 3 heteroatoms. The Morgan fingerprint density at radius 2 is 2.22 bits per heavy atom. The number of nitrogens with one attached hydrogen (secondary N) is 1. The third-order valence-electron chi connectivity index (χ3n) is 3.80. The smallest absolute Gasteiger partial charge is 0.0759 e. The molecule has 0 radical (unpaired) electrons. The number of hydrogen-bond donors (Lipinski definition) is 1. The lowest BCUT2D eigenvalue weighted by atomic mass is 9.96. The van der Waals surface area contributed by atoms with Crippen molar-refractivity contribution in [3.63, 3.8) is 0 Å². The van der Waals surface area contributed by atoms with Gasteiger partial charge in [-0.3, -0.25) is 4.98 Å². The van der Waals surface area contributed by atoms with E-state index in [0.717, 1.165) is 29.6 Å². The summed E-state index contributed by atoms with van der Waals surface area (Å²) in [6, 6.07) is 4.17. The number of nitrogens with zero attached hydrogens (tertiary/aromatic N) is 1. The monoisotopic (exact) mass is 266 g/mol. The Morgan fingerprint density at radius 3 is 2.89 bits per heavy atom. The van der Waals surface area contributed by atoms with Gasteiger partial charge < -0.3 is 5.32 Å². The Morgan fingerprint density at radius 1 is 1.44 bits per heavy atom. The molecular formula is C15H23ClN2. The zero-order valence-electron chi connectivity index (χ0n) is 11.2. The predicted molar refractivity (Wildman–Crippen MR) is 76.9 cm³/mol. The van der Waals surface area contributed by atoms with E-state index < -0.39 is 0 Å². The Hall–Kier alpha value is -0.600. The van der Waals surface area contributed by atoms with Gasteiger partial charge in [-0.2, -0.15) is 0 Å². The average molecular weight is 267 g/mol. The van der Waals surface area contributed by atoms with Crippen LogP contribution in [0.15, 0.2) is 18.3 Å². The van der Waals surface area contributed by atoms with E-state index >= 15 is 0 Å². The van der Waals surface area contributed by atoms with Crippen molar-refractivity contribution in [3.05, 3.63) is 29.0 Å². The van der Waals surface area contributed by atoms with Crippen LogP contribution in [0, 0.1) is 5.92 Å². The molecule has 1 fully saturated rings. The average Bonchev–Trinajstić information content (AvgIpc) is 2.88. The van der Waals surface area contributed by atoms with Gasteiger partial charge in [0.25, 0.3) is 0 Å². The van der Waals surface area contributed by atoms with Gasteiger partial charge in [-0.05, 0) is 37.4 Å². The van der Waals surface area contributed by atoms with E-state index in [4.69, 9.17) is 11.6 Å². The normalized spacial score (nSPS) is 18.1. The highest BCUT2D eigenvalue weighted by atomic mass is 35.5. The molecule has 1 atom stereocenters. The molecule has 1 aromatic heterocycles. The van der Waals surface area contributed by atoms with Gasteiger partial charge in [-0.15, -0.1) is 0 Å². The van der Waals surface area contributed by atoms with Crippen LogP contribution in [-0.4, -0.2) is 11.5 Å². The predicted octanol–water partition coefficient (Wildman–Crippen LogP) is 4.36. The quantitative estimate of drug-likeness (QED) is 0.828. The van der Waals surface area contributed by atoms with Gasteiger partial charge in [0, 0.05) is 6.20 Å². The summed E-state index contributed by atoms with van der Waals surface area (Å²) in [5.74, 6) is 0.845. The fourth-order valence-electron chi connectivity index (χ4n) is 2.84. The Labute approximate surface area is 115 Å². The molecule has 0 bridgehead atoms. The first kappa shape index (κ1) is 13.8. The van der Waals surface area contributed by atoms with Gasteiger partial charge in [-0.25, -0.2) is 0 Å². The summed E-state index contributed by atoms with van der Waals surface area (Å²) in [5, 5.41) is 4.40. The molecule has 2 nitrogen and oxygen atoms in total. The van der Waals surface area contributed by atoms with Crippen molar-refractivity contribution >= 4 is 11.6 Å². The van der Waals surface area contributed by atoms with Gasteiger partial charge in [0.05, 0.1) is 16.8 Å². The standard InChI is InChI=1S/C15H23ClN2/c1-2-9-17-14(11-12-6-3-4-7-12)15-13(16)8-5-10-18-15/h5,8,10,12,14,17H,2-4,6-7,9,11H2,1H3. The molecule has 0 spiro atoms.